The zero-order chi connectivity index (χ0) is 21.6. The Kier molecular flexibility index (Phi) is 7.50. The summed E-state index contributed by atoms with van der Waals surface area (Å²) in [6.07, 6.45) is 15.3. The molecule has 0 heterocycles. The summed E-state index contributed by atoms with van der Waals surface area (Å²) in [5.41, 5.74) is 1.96. The molecule has 4 atom stereocenters. The first-order valence-electron chi connectivity index (χ1n) is 11.8. The highest BCUT2D eigenvalue weighted by Gasteiger charge is 2.35. The lowest BCUT2D eigenvalue weighted by atomic mass is 9.63. The van der Waals surface area contributed by atoms with Crippen LogP contribution >= 0.6 is 11.6 Å². The number of hydrogen-bond acceptors (Lipinski definition) is 2. The molecule has 0 saturated heterocycles. The Balaban J connectivity index is 1.31. The molecule has 2 aliphatic carbocycles. The number of hydrogen-bond donors (Lipinski definition) is 0. The highest BCUT2D eigenvalue weighted by Crippen LogP contribution is 2.48. The normalized spacial score (nSPS) is 25.9. The summed E-state index contributed by atoms with van der Waals surface area (Å²) in [4.78, 5) is 12.4. The maximum absolute atomic E-state index is 12.4. The standard InChI is InChI=1S/C28H33ClO2/c1-2-3-4-5-20-6-7-25-19-24(13-12-23(25)18-20)21-8-10-22(11-9-21)28(30)31-27-16-14-26(29)15-17-27/h2-3,8-11,14-17,20,23-25H,4-7,12-13,18-19H2,1H3/b3-2+. The first kappa shape index (κ1) is 22.1. The van der Waals surface area contributed by atoms with Crippen LogP contribution in [0.1, 0.15) is 80.1 Å². The number of ether oxygens (including phenoxy) is 1. The largest absolute Gasteiger partial charge is 0.423 e. The highest BCUT2D eigenvalue weighted by molar-refractivity contribution is 6.30. The van der Waals surface area contributed by atoms with Crippen LogP contribution in [0.25, 0.3) is 0 Å². The fraction of sp³-hybridized carbons (Fsp3) is 0.464. The molecular formula is C28H33ClO2. The van der Waals surface area contributed by atoms with Crippen molar-refractivity contribution >= 4 is 17.6 Å². The summed E-state index contributed by atoms with van der Waals surface area (Å²) < 4.78 is 5.45. The first-order valence-corrected chi connectivity index (χ1v) is 12.2. The third-order valence-corrected chi connectivity index (χ3v) is 7.59. The molecular weight excluding hydrogens is 404 g/mol. The molecule has 2 aromatic carbocycles. The quantitative estimate of drug-likeness (QED) is 0.259. The van der Waals surface area contributed by atoms with E-state index in [1.54, 1.807) is 24.3 Å². The van der Waals surface area contributed by atoms with Gasteiger partial charge in [0.2, 0.25) is 0 Å². The van der Waals surface area contributed by atoms with Gasteiger partial charge in [-0.05, 0) is 118 Å². The fourth-order valence-electron chi connectivity index (χ4n) is 5.61. The minimum Gasteiger partial charge on any atom is -0.423 e. The lowest BCUT2D eigenvalue weighted by Crippen LogP contribution is -2.30. The van der Waals surface area contributed by atoms with Crippen LogP contribution in [0.3, 0.4) is 0 Å². The van der Waals surface area contributed by atoms with Gasteiger partial charge >= 0.3 is 5.97 Å². The number of benzene rings is 2. The molecule has 0 bridgehead atoms. The molecule has 2 aliphatic rings. The summed E-state index contributed by atoms with van der Waals surface area (Å²) in [6, 6.07) is 15.0. The number of fused-ring (bicyclic) bond motifs is 1. The van der Waals surface area contributed by atoms with Crippen molar-refractivity contribution in [1.29, 1.82) is 0 Å². The third-order valence-electron chi connectivity index (χ3n) is 7.34. The van der Waals surface area contributed by atoms with Gasteiger partial charge in [0.1, 0.15) is 5.75 Å². The number of carbonyl (C=O) groups is 1. The van der Waals surface area contributed by atoms with Gasteiger partial charge in [0.15, 0.2) is 0 Å². The van der Waals surface area contributed by atoms with E-state index in [4.69, 9.17) is 16.3 Å². The van der Waals surface area contributed by atoms with Gasteiger partial charge in [-0.3, -0.25) is 0 Å². The lowest BCUT2D eigenvalue weighted by molar-refractivity contribution is 0.0734. The van der Waals surface area contributed by atoms with Gasteiger partial charge < -0.3 is 4.74 Å². The third kappa shape index (κ3) is 5.80. The van der Waals surface area contributed by atoms with E-state index in [-0.39, 0.29) is 5.97 Å². The van der Waals surface area contributed by atoms with E-state index in [2.05, 4.69) is 31.2 Å². The Bertz CT molecular complexity index is 884. The average molecular weight is 437 g/mol. The second-order valence-corrected chi connectivity index (χ2v) is 9.76. The van der Waals surface area contributed by atoms with Crippen LogP contribution in [0.15, 0.2) is 60.7 Å². The number of halogens is 1. The van der Waals surface area contributed by atoms with Gasteiger partial charge in [0.05, 0.1) is 5.56 Å². The maximum Gasteiger partial charge on any atom is 0.343 e. The lowest BCUT2D eigenvalue weighted by Gasteiger charge is -2.42. The van der Waals surface area contributed by atoms with Crippen LogP contribution in [0.2, 0.25) is 5.02 Å². The number of rotatable bonds is 6. The number of allylic oxidation sites excluding steroid dienone is 2. The number of carbonyl (C=O) groups excluding carboxylic acids is 1. The molecule has 4 unspecified atom stereocenters. The Hall–Kier alpha value is -2.06. The Morgan fingerprint density at radius 2 is 1.68 bits per heavy atom. The summed E-state index contributed by atoms with van der Waals surface area (Å²) in [5.74, 6) is 3.55. The van der Waals surface area contributed by atoms with Crippen LogP contribution in [0.4, 0.5) is 0 Å². The van der Waals surface area contributed by atoms with E-state index in [1.807, 2.05) is 12.1 Å². The van der Waals surface area contributed by atoms with Gasteiger partial charge in [-0.25, -0.2) is 4.79 Å². The molecule has 31 heavy (non-hydrogen) atoms. The predicted molar refractivity (Wildman–Crippen MR) is 128 cm³/mol. The monoisotopic (exact) mass is 436 g/mol. The average Bonchev–Trinajstić information content (AvgIpc) is 2.80. The van der Waals surface area contributed by atoms with Crippen molar-refractivity contribution in [2.45, 2.75) is 64.2 Å². The second kappa shape index (κ2) is 10.5. The molecule has 4 rings (SSSR count). The summed E-state index contributed by atoms with van der Waals surface area (Å²) in [5, 5.41) is 0.626. The Labute approximate surface area is 191 Å². The minimum absolute atomic E-state index is 0.325. The van der Waals surface area contributed by atoms with E-state index in [0.29, 0.717) is 22.3 Å². The molecule has 3 heteroatoms. The molecule has 0 N–H and O–H groups in total. The minimum atomic E-state index is -0.325. The van der Waals surface area contributed by atoms with Crippen LogP contribution in [-0.2, 0) is 0 Å². The van der Waals surface area contributed by atoms with Gasteiger partial charge in [-0.2, -0.15) is 0 Å². The van der Waals surface area contributed by atoms with Crippen molar-refractivity contribution in [3.05, 3.63) is 76.8 Å². The summed E-state index contributed by atoms with van der Waals surface area (Å²) in [7, 11) is 0. The molecule has 0 aliphatic heterocycles. The van der Waals surface area contributed by atoms with Crippen molar-refractivity contribution in [3.8, 4) is 5.75 Å². The predicted octanol–water partition coefficient (Wildman–Crippen LogP) is 8.22. The molecule has 2 fully saturated rings. The molecule has 0 aromatic heterocycles. The van der Waals surface area contributed by atoms with Gasteiger partial charge in [-0.15, -0.1) is 0 Å². The number of esters is 1. The smallest absolute Gasteiger partial charge is 0.343 e. The topological polar surface area (TPSA) is 26.3 Å². The first-order chi connectivity index (χ1) is 15.1. The van der Waals surface area contributed by atoms with Gasteiger partial charge in [0.25, 0.3) is 0 Å². The molecule has 2 aromatic rings. The molecule has 2 saturated carbocycles. The van der Waals surface area contributed by atoms with Gasteiger partial charge in [-0.1, -0.05) is 42.3 Å². The van der Waals surface area contributed by atoms with Crippen LogP contribution in [-0.4, -0.2) is 5.97 Å². The van der Waals surface area contributed by atoms with Gasteiger partial charge in [0, 0.05) is 5.02 Å². The summed E-state index contributed by atoms with van der Waals surface area (Å²) >= 11 is 5.89. The van der Waals surface area contributed by atoms with E-state index < -0.39 is 0 Å². The molecule has 0 radical (unpaired) electrons. The molecule has 164 valence electrons. The van der Waals surface area contributed by atoms with Crippen LogP contribution < -0.4 is 4.74 Å². The van der Waals surface area contributed by atoms with E-state index in [1.165, 1.54) is 56.9 Å². The Morgan fingerprint density at radius 3 is 2.42 bits per heavy atom. The SMILES string of the molecule is C/C=C/CCC1CCC2CC(c3ccc(C(=O)Oc4ccc(Cl)cc4)cc3)CCC2C1. The van der Waals surface area contributed by atoms with Crippen molar-refractivity contribution in [1.82, 2.24) is 0 Å². The zero-order valence-electron chi connectivity index (χ0n) is 18.4. The van der Waals surface area contributed by atoms with Crippen LogP contribution in [0, 0.1) is 17.8 Å². The van der Waals surface area contributed by atoms with Crippen molar-refractivity contribution < 1.29 is 9.53 Å². The van der Waals surface area contributed by atoms with Crippen molar-refractivity contribution in [3.63, 3.8) is 0 Å². The molecule has 2 nitrogen and oxygen atoms in total. The van der Waals surface area contributed by atoms with Crippen molar-refractivity contribution in [2.24, 2.45) is 17.8 Å². The van der Waals surface area contributed by atoms with Crippen LogP contribution in [0.5, 0.6) is 5.75 Å². The fourth-order valence-corrected chi connectivity index (χ4v) is 5.74. The second-order valence-electron chi connectivity index (χ2n) is 9.32. The highest BCUT2D eigenvalue weighted by atomic mass is 35.5. The zero-order valence-corrected chi connectivity index (χ0v) is 19.2. The maximum atomic E-state index is 12.4. The molecule has 0 spiro atoms. The van der Waals surface area contributed by atoms with E-state index in [9.17, 15) is 4.79 Å². The molecule has 0 amide bonds. The van der Waals surface area contributed by atoms with E-state index >= 15 is 0 Å². The Morgan fingerprint density at radius 1 is 0.968 bits per heavy atom. The summed E-state index contributed by atoms with van der Waals surface area (Å²) in [6.45, 7) is 2.12. The van der Waals surface area contributed by atoms with E-state index in [0.717, 1.165) is 17.8 Å². The van der Waals surface area contributed by atoms with Crippen molar-refractivity contribution in [2.75, 3.05) is 0 Å².